The smallest absolute Gasteiger partial charge is 0.250 e. The standard InChI is InChI=1S/C11H15IN2O2/c1-8-6-9(12)2-3-10(8)14-11(15)7-16-5-4-13/h2-3,6H,4-5,7,13H2,1H3,(H,14,15). The molecule has 0 aliphatic carbocycles. The predicted octanol–water partition coefficient (Wildman–Crippen LogP) is 1.51. The van der Waals surface area contributed by atoms with Gasteiger partial charge in [-0.2, -0.15) is 0 Å². The number of hydrogen-bond acceptors (Lipinski definition) is 3. The van der Waals surface area contributed by atoms with Crippen molar-refractivity contribution in [1.29, 1.82) is 0 Å². The van der Waals surface area contributed by atoms with Crippen molar-refractivity contribution in [3.05, 3.63) is 27.3 Å². The lowest BCUT2D eigenvalue weighted by atomic mass is 10.2. The number of carbonyl (C=O) groups is 1. The van der Waals surface area contributed by atoms with E-state index in [1.165, 1.54) is 0 Å². The summed E-state index contributed by atoms with van der Waals surface area (Å²) in [6.45, 7) is 2.83. The van der Waals surface area contributed by atoms with Crippen LogP contribution in [0.2, 0.25) is 0 Å². The quantitative estimate of drug-likeness (QED) is 0.634. The maximum atomic E-state index is 11.4. The third kappa shape index (κ3) is 4.46. The van der Waals surface area contributed by atoms with E-state index in [0.717, 1.165) is 14.8 Å². The lowest BCUT2D eigenvalue weighted by molar-refractivity contribution is -0.120. The van der Waals surface area contributed by atoms with E-state index < -0.39 is 0 Å². The van der Waals surface area contributed by atoms with Crippen LogP contribution in [-0.2, 0) is 9.53 Å². The maximum absolute atomic E-state index is 11.4. The van der Waals surface area contributed by atoms with Crippen LogP contribution in [0.4, 0.5) is 5.69 Å². The minimum atomic E-state index is -0.155. The van der Waals surface area contributed by atoms with Crippen molar-refractivity contribution in [1.82, 2.24) is 0 Å². The number of nitrogens with one attached hydrogen (secondary N) is 1. The summed E-state index contributed by atoms with van der Waals surface area (Å²) in [5.41, 5.74) is 7.11. The van der Waals surface area contributed by atoms with E-state index in [0.29, 0.717) is 13.2 Å². The Bertz CT molecular complexity index is 369. The number of amides is 1. The van der Waals surface area contributed by atoms with Crippen LogP contribution >= 0.6 is 22.6 Å². The van der Waals surface area contributed by atoms with Gasteiger partial charge in [-0.15, -0.1) is 0 Å². The van der Waals surface area contributed by atoms with Crippen molar-refractivity contribution in [2.45, 2.75) is 6.92 Å². The molecule has 0 aliphatic heterocycles. The molecule has 0 aromatic heterocycles. The van der Waals surface area contributed by atoms with Gasteiger partial charge in [0, 0.05) is 15.8 Å². The third-order valence-electron chi connectivity index (χ3n) is 1.96. The molecule has 5 heteroatoms. The zero-order valence-corrected chi connectivity index (χ0v) is 11.3. The first-order chi connectivity index (χ1) is 7.63. The van der Waals surface area contributed by atoms with Crippen LogP contribution in [0.15, 0.2) is 18.2 Å². The van der Waals surface area contributed by atoms with Crippen LogP contribution in [0.1, 0.15) is 5.56 Å². The number of halogens is 1. The first kappa shape index (κ1) is 13.4. The van der Waals surface area contributed by atoms with E-state index in [1.807, 2.05) is 25.1 Å². The number of hydrogen-bond donors (Lipinski definition) is 2. The summed E-state index contributed by atoms with van der Waals surface area (Å²) in [7, 11) is 0. The topological polar surface area (TPSA) is 64.3 Å². The molecule has 4 nitrogen and oxygen atoms in total. The van der Waals surface area contributed by atoms with E-state index in [9.17, 15) is 4.79 Å². The van der Waals surface area contributed by atoms with Gasteiger partial charge < -0.3 is 15.8 Å². The third-order valence-corrected chi connectivity index (χ3v) is 2.63. The van der Waals surface area contributed by atoms with E-state index >= 15 is 0 Å². The number of aryl methyl sites for hydroxylation is 1. The molecular formula is C11H15IN2O2. The zero-order valence-electron chi connectivity index (χ0n) is 9.13. The maximum Gasteiger partial charge on any atom is 0.250 e. The molecule has 0 radical (unpaired) electrons. The fraction of sp³-hybridized carbons (Fsp3) is 0.364. The number of benzene rings is 1. The second-order valence-corrected chi connectivity index (χ2v) is 4.59. The van der Waals surface area contributed by atoms with Gasteiger partial charge in [-0.25, -0.2) is 0 Å². The Kier molecular flexibility index (Phi) is 5.72. The van der Waals surface area contributed by atoms with Gasteiger partial charge in [-0.3, -0.25) is 4.79 Å². The lowest BCUT2D eigenvalue weighted by Gasteiger charge is -2.08. The summed E-state index contributed by atoms with van der Waals surface area (Å²) >= 11 is 2.23. The Morgan fingerprint density at radius 2 is 2.31 bits per heavy atom. The van der Waals surface area contributed by atoms with Gasteiger partial charge in [0.1, 0.15) is 6.61 Å². The largest absolute Gasteiger partial charge is 0.370 e. The minimum Gasteiger partial charge on any atom is -0.370 e. The molecule has 1 amide bonds. The number of rotatable bonds is 5. The van der Waals surface area contributed by atoms with E-state index in [1.54, 1.807) is 0 Å². The molecule has 88 valence electrons. The van der Waals surface area contributed by atoms with Crippen molar-refractivity contribution in [3.63, 3.8) is 0 Å². The van der Waals surface area contributed by atoms with E-state index in [4.69, 9.17) is 10.5 Å². The molecular weight excluding hydrogens is 319 g/mol. The molecule has 0 saturated heterocycles. The van der Waals surface area contributed by atoms with Crippen LogP contribution in [-0.4, -0.2) is 25.7 Å². The normalized spacial score (nSPS) is 10.2. The minimum absolute atomic E-state index is 0.0443. The average Bonchev–Trinajstić information content (AvgIpc) is 2.23. The second-order valence-electron chi connectivity index (χ2n) is 3.35. The van der Waals surface area contributed by atoms with E-state index in [-0.39, 0.29) is 12.5 Å². The number of carbonyl (C=O) groups excluding carboxylic acids is 1. The van der Waals surface area contributed by atoms with Crippen molar-refractivity contribution >= 4 is 34.2 Å². The fourth-order valence-corrected chi connectivity index (χ4v) is 1.85. The highest BCUT2D eigenvalue weighted by molar-refractivity contribution is 14.1. The highest BCUT2D eigenvalue weighted by atomic mass is 127. The van der Waals surface area contributed by atoms with E-state index in [2.05, 4.69) is 27.9 Å². The molecule has 1 aromatic carbocycles. The molecule has 0 unspecified atom stereocenters. The summed E-state index contributed by atoms with van der Waals surface area (Å²) < 4.78 is 6.19. The van der Waals surface area contributed by atoms with Crippen LogP contribution in [0.25, 0.3) is 0 Å². The Hall–Kier alpha value is -0.660. The Morgan fingerprint density at radius 3 is 2.94 bits per heavy atom. The highest BCUT2D eigenvalue weighted by Gasteiger charge is 2.04. The molecule has 16 heavy (non-hydrogen) atoms. The van der Waals surface area contributed by atoms with Crippen LogP contribution in [0, 0.1) is 10.5 Å². The zero-order chi connectivity index (χ0) is 12.0. The molecule has 0 saturated carbocycles. The average molecular weight is 334 g/mol. The summed E-state index contributed by atoms with van der Waals surface area (Å²) in [4.78, 5) is 11.4. The van der Waals surface area contributed by atoms with Gasteiger partial charge in [0.15, 0.2) is 0 Å². The molecule has 0 aliphatic rings. The predicted molar refractivity (Wildman–Crippen MR) is 72.4 cm³/mol. The molecule has 0 fully saturated rings. The van der Waals surface area contributed by atoms with Gasteiger partial charge in [-0.1, -0.05) is 0 Å². The number of nitrogens with two attached hydrogens (primary N) is 1. The summed E-state index contributed by atoms with van der Waals surface area (Å²) in [6.07, 6.45) is 0. The van der Waals surface area contributed by atoms with Crippen LogP contribution < -0.4 is 11.1 Å². The van der Waals surface area contributed by atoms with Crippen molar-refractivity contribution in [3.8, 4) is 0 Å². The van der Waals surface area contributed by atoms with Gasteiger partial charge in [0.25, 0.3) is 0 Å². The van der Waals surface area contributed by atoms with Gasteiger partial charge >= 0.3 is 0 Å². The van der Waals surface area contributed by atoms with Gasteiger partial charge in [-0.05, 0) is 53.3 Å². The molecule has 0 spiro atoms. The Morgan fingerprint density at radius 1 is 1.56 bits per heavy atom. The molecule has 1 rings (SSSR count). The number of ether oxygens (including phenoxy) is 1. The van der Waals surface area contributed by atoms with Gasteiger partial charge in [0.05, 0.1) is 6.61 Å². The van der Waals surface area contributed by atoms with Crippen LogP contribution in [0.5, 0.6) is 0 Å². The summed E-state index contributed by atoms with van der Waals surface area (Å²) in [6, 6.07) is 5.85. The molecule has 0 atom stereocenters. The van der Waals surface area contributed by atoms with Crippen molar-refractivity contribution in [2.75, 3.05) is 25.1 Å². The fourth-order valence-electron chi connectivity index (χ4n) is 1.20. The monoisotopic (exact) mass is 334 g/mol. The molecule has 0 bridgehead atoms. The summed E-state index contributed by atoms with van der Waals surface area (Å²) in [5.74, 6) is -0.155. The Balaban J connectivity index is 2.49. The SMILES string of the molecule is Cc1cc(I)ccc1NC(=O)COCCN. The van der Waals surface area contributed by atoms with Crippen LogP contribution in [0.3, 0.4) is 0 Å². The molecule has 0 heterocycles. The summed E-state index contributed by atoms with van der Waals surface area (Å²) in [5, 5.41) is 2.79. The Labute approximate surface area is 109 Å². The highest BCUT2D eigenvalue weighted by Crippen LogP contribution is 2.17. The molecule has 3 N–H and O–H groups in total. The second kappa shape index (κ2) is 6.82. The van der Waals surface area contributed by atoms with Crippen molar-refractivity contribution in [2.24, 2.45) is 5.73 Å². The molecule has 1 aromatic rings. The van der Waals surface area contributed by atoms with Crippen molar-refractivity contribution < 1.29 is 9.53 Å². The lowest BCUT2D eigenvalue weighted by Crippen LogP contribution is -2.21. The first-order valence-electron chi connectivity index (χ1n) is 4.97. The number of anilines is 1. The first-order valence-corrected chi connectivity index (χ1v) is 6.05. The van der Waals surface area contributed by atoms with Gasteiger partial charge in [0.2, 0.25) is 5.91 Å².